The van der Waals surface area contributed by atoms with E-state index in [4.69, 9.17) is 0 Å². The van der Waals surface area contributed by atoms with Gasteiger partial charge in [-0.3, -0.25) is 4.98 Å². The SMILES string of the molecule is c1cc2c3ncnc-3c3nn[nH]n3c2cn1. The third-order valence-corrected chi connectivity index (χ3v) is 2.61. The van der Waals surface area contributed by atoms with Gasteiger partial charge in [0.25, 0.3) is 0 Å². The van der Waals surface area contributed by atoms with Crippen LogP contribution < -0.4 is 0 Å². The van der Waals surface area contributed by atoms with Crippen LogP contribution >= 0.6 is 0 Å². The first-order valence-electron chi connectivity index (χ1n) is 4.71. The molecular weight excluding hydrogens is 206 g/mol. The molecular formula is C9H5N7. The monoisotopic (exact) mass is 211 g/mol. The second-order valence-corrected chi connectivity index (χ2v) is 3.42. The average molecular weight is 211 g/mol. The zero-order chi connectivity index (χ0) is 10.5. The van der Waals surface area contributed by atoms with Gasteiger partial charge in [-0.1, -0.05) is 5.21 Å². The lowest BCUT2D eigenvalue weighted by Gasteiger charge is -2.04. The number of aromatic nitrogens is 7. The molecule has 0 saturated carbocycles. The van der Waals surface area contributed by atoms with E-state index in [-0.39, 0.29) is 0 Å². The molecule has 0 bridgehead atoms. The van der Waals surface area contributed by atoms with E-state index < -0.39 is 0 Å². The van der Waals surface area contributed by atoms with Gasteiger partial charge < -0.3 is 0 Å². The molecule has 0 aliphatic carbocycles. The zero-order valence-corrected chi connectivity index (χ0v) is 7.99. The van der Waals surface area contributed by atoms with E-state index >= 15 is 0 Å². The van der Waals surface area contributed by atoms with Gasteiger partial charge in [0.1, 0.15) is 17.7 Å². The van der Waals surface area contributed by atoms with Crippen molar-refractivity contribution in [1.29, 1.82) is 0 Å². The zero-order valence-electron chi connectivity index (χ0n) is 7.99. The third kappa shape index (κ3) is 0.761. The lowest BCUT2D eigenvalue weighted by atomic mass is 10.1. The maximum Gasteiger partial charge on any atom is 0.205 e. The van der Waals surface area contributed by atoms with Gasteiger partial charge in [-0.25, -0.2) is 14.5 Å². The Labute approximate surface area is 88.5 Å². The number of hydrogen-bond acceptors (Lipinski definition) is 5. The number of aromatic amines is 1. The van der Waals surface area contributed by atoms with Crippen LogP contribution in [0.15, 0.2) is 24.8 Å². The summed E-state index contributed by atoms with van der Waals surface area (Å²) in [6, 6.07) is 1.90. The molecule has 0 spiro atoms. The first-order chi connectivity index (χ1) is 7.95. The first-order valence-corrected chi connectivity index (χ1v) is 4.71. The Kier molecular flexibility index (Phi) is 1.21. The molecule has 0 aromatic carbocycles. The number of rotatable bonds is 0. The first kappa shape index (κ1) is 7.69. The molecule has 0 fully saturated rings. The molecule has 2 aliphatic heterocycles. The molecule has 0 saturated heterocycles. The van der Waals surface area contributed by atoms with Crippen LogP contribution in [0.3, 0.4) is 0 Å². The number of hydrogen-bond donors (Lipinski definition) is 1. The third-order valence-electron chi connectivity index (χ3n) is 2.61. The maximum absolute atomic E-state index is 4.24. The Morgan fingerprint density at radius 3 is 3.12 bits per heavy atom. The molecule has 76 valence electrons. The van der Waals surface area contributed by atoms with Gasteiger partial charge in [0, 0.05) is 11.6 Å². The highest BCUT2D eigenvalue weighted by Gasteiger charge is 2.18. The van der Waals surface area contributed by atoms with E-state index in [0.717, 1.165) is 22.3 Å². The van der Waals surface area contributed by atoms with Crippen molar-refractivity contribution < 1.29 is 0 Å². The van der Waals surface area contributed by atoms with Gasteiger partial charge in [0.2, 0.25) is 5.65 Å². The lowest BCUT2D eigenvalue weighted by molar-refractivity contribution is 0.840. The number of nitrogens with one attached hydrogen (secondary N) is 1. The summed E-state index contributed by atoms with van der Waals surface area (Å²) in [5.74, 6) is 0. The van der Waals surface area contributed by atoms with E-state index in [1.165, 1.54) is 6.33 Å². The summed E-state index contributed by atoms with van der Waals surface area (Å²) in [5, 5.41) is 11.5. The Morgan fingerprint density at radius 2 is 2.12 bits per heavy atom. The molecule has 2 aliphatic rings. The van der Waals surface area contributed by atoms with Crippen molar-refractivity contribution in [3.63, 3.8) is 0 Å². The van der Waals surface area contributed by atoms with Crippen molar-refractivity contribution in [3.05, 3.63) is 24.8 Å². The molecule has 0 amide bonds. The normalized spacial score (nSPS) is 11.8. The van der Waals surface area contributed by atoms with Crippen LogP contribution in [0.25, 0.3) is 27.9 Å². The minimum atomic E-state index is 0.660. The van der Waals surface area contributed by atoms with E-state index in [2.05, 4.69) is 30.5 Å². The maximum atomic E-state index is 4.24. The molecule has 2 aromatic heterocycles. The second-order valence-electron chi connectivity index (χ2n) is 3.42. The Hall–Kier alpha value is -2.57. The smallest absolute Gasteiger partial charge is 0.205 e. The topological polar surface area (TPSA) is 84.6 Å². The highest BCUT2D eigenvalue weighted by Crippen LogP contribution is 2.29. The van der Waals surface area contributed by atoms with Crippen LogP contribution in [-0.4, -0.2) is 35.0 Å². The summed E-state index contributed by atoms with van der Waals surface area (Å²) in [7, 11) is 0. The summed E-state index contributed by atoms with van der Waals surface area (Å²) in [6.45, 7) is 0. The summed E-state index contributed by atoms with van der Waals surface area (Å²) in [6.07, 6.45) is 5.00. The molecule has 4 heterocycles. The van der Waals surface area contributed by atoms with Crippen molar-refractivity contribution in [2.75, 3.05) is 0 Å². The molecule has 1 N–H and O–H groups in total. The molecule has 0 radical (unpaired) electrons. The molecule has 4 rings (SSSR count). The average Bonchev–Trinajstić information content (AvgIpc) is 2.98. The van der Waals surface area contributed by atoms with Crippen LogP contribution in [0.4, 0.5) is 0 Å². The predicted octanol–water partition coefficient (Wildman–Crippen LogP) is 0.500. The largest absolute Gasteiger partial charge is 0.262 e. The number of tetrazole rings is 1. The van der Waals surface area contributed by atoms with Crippen molar-refractivity contribution in [3.8, 4) is 11.4 Å². The highest BCUT2D eigenvalue weighted by molar-refractivity contribution is 5.97. The fourth-order valence-corrected chi connectivity index (χ4v) is 1.92. The fourth-order valence-electron chi connectivity index (χ4n) is 1.92. The summed E-state index contributed by atoms with van der Waals surface area (Å²) >= 11 is 0. The number of H-pyrrole nitrogens is 1. The van der Waals surface area contributed by atoms with Gasteiger partial charge in [0.15, 0.2) is 0 Å². The number of fused-ring (bicyclic) bond motifs is 6. The van der Waals surface area contributed by atoms with E-state index in [1.807, 2.05) is 6.07 Å². The van der Waals surface area contributed by atoms with Crippen molar-refractivity contribution in [1.82, 2.24) is 35.0 Å². The van der Waals surface area contributed by atoms with Gasteiger partial charge in [-0.05, 0) is 6.07 Å². The van der Waals surface area contributed by atoms with Gasteiger partial charge in [-0.2, -0.15) is 5.21 Å². The van der Waals surface area contributed by atoms with Gasteiger partial charge >= 0.3 is 0 Å². The predicted molar refractivity (Wildman–Crippen MR) is 54.9 cm³/mol. The van der Waals surface area contributed by atoms with Crippen molar-refractivity contribution >= 4 is 16.6 Å². The van der Waals surface area contributed by atoms with E-state index in [9.17, 15) is 0 Å². The van der Waals surface area contributed by atoms with Crippen molar-refractivity contribution in [2.45, 2.75) is 0 Å². The minimum absolute atomic E-state index is 0.660. The standard InChI is InChI=1S/C9H5N7/c1-2-10-3-6-5(1)7-8(12-4-11-7)9-13-14-15-16(6)9/h1-4H,(H,13,15). The van der Waals surface area contributed by atoms with Crippen LogP contribution in [-0.2, 0) is 0 Å². The highest BCUT2D eigenvalue weighted by atomic mass is 15.5. The number of imidazole rings is 1. The Bertz CT molecular complexity index is 768. The molecule has 7 heteroatoms. The van der Waals surface area contributed by atoms with Crippen molar-refractivity contribution in [2.24, 2.45) is 0 Å². The van der Waals surface area contributed by atoms with Crippen LogP contribution in [0.1, 0.15) is 0 Å². The Morgan fingerprint density at radius 1 is 1.19 bits per heavy atom. The minimum Gasteiger partial charge on any atom is -0.262 e. The molecule has 0 unspecified atom stereocenters. The molecule has 0 atom stereocenters. The van der Waals surface area contributed by atoms with Crippen LogP contribution in [0, 0.1) is 0 Å². The van der Waals surface area contributed by atoms with Crippen LogP contribution in [0.2, 0.25) is 0 Å². The summed E-state index contributed by atoms with van der Waals surface area (Å²) in [4.78, 5) is 12.5. The number of nitrogens with zero attached hydrogens (tertiary/aromatic N) is 6. The van der Waals surface area contributed by atoms with Crippen LogP contribution in [0.5, 0.6) is 0 Å². The van der Waals surface area contributed by atoms with E-state index in [0.29, 0.717) is 5.65 Å². The Balaban J connectivity index is 2.45. The quantitative estimate of drug-likeness (QED) is 0.457. The summed E-state index contributed by atoms with van der Waals surface area (Å²) < 4.78 is 1.75. The van der Waals surface area contributed by atoms with Gasteiger partial charge in [-0.15, -0.1) is 5.10 Å². The summed E-state index contributed by atoms with van der Waals surface area (Å²) in [5.41, 5.74) is 3.11. The molecule has 2 aromatic rings. The molecule has 16 heavy (non-hydrogen) atoms. The van der Waals surface area contributed by atoms with E-state index in [1.54, 1.807) is 16.9 Å². The fraction of sp³-hybridized carbons (Fsp3) is 0. The lowest BCUT2D eigenvalue weighted by Crippen LogP contribution is -1.96. The number of pyridine rings is 2. The van der Waals surface area contributed by atoms with Gasteiger partial charge in [0.05, 0.1) is 11.7 Å². The second kappa shape index (κ2) is 2.51. The molecule has 7 nitrogen and oxygen atoms in total.